The Balaban J connectivity index is 1.76. The van der Waals surface area contributed by atoms with Gasteiger partial charge in [0.15, 0.2) is 11.5 Å². The second-order valence-electron chi connectivity index (χ2n) is 5.75. The first-order valence-corrected chi connectivity index (χ1v) is 8.71. The normalized spacial score (nSPS) is 27.8. The maximum absolute atomic E-state index is 11.1. The number of hydrogen-bond acceptors (Lipinski definition) is 5. The van der Waals surface area contributed by atoms with E-state index >= 15 is 0 Å². The number of methoxy groups -OCH3 is 1. The third-order valence-corrected chi connectivity index (χ3v) is 5.38. The average molecular weight is 323 g/mol. The molecule has 2 heterocycles. The lowest BCUT2D eigenvalue weighted by molar-refractivity contribution is -0.141. The van der Waals surface area contributed by atoms with Gasteiger partial charge in [-0.2, -0.15) is 11.8 Å². The van der Waals surface area contributed by atoms with Gasteiger partial charge in [-0.3, -0.25) is 4.79 Å². The van der Waals surface area contributed by atoms with Crippen molar-refractivity contribution >= 4 is 17.7 Å². The molecule has 2 aliphatic rings. The van der Waals surface area contributed by atoms with Crippen LogP contribution in [0.15, 0.2) is 18.2 Å². The topological polar surface area (TPSA) is 67.8 Å². The molecule has 2 saturated heterocycles. The fraction of sp³-hybridized carbons (Fsp3) is 0.562. The molecular weight excluding hydrogens is 302 g/mol. The highest BCUT2D eigenvalue weighted by atomic mass is 32.2. The zero-order valence-corrected chi connectivity index (χ0v) is 13.4. The van der Waals surface area contributed by atoms with Crippen molar-refractivity contribution in [2.75, 3.05) is 25.2 Å². The molecule has 120 valence electrons. The quantitative estimate of drug-likeness (QED) is 0.867. The summed E-state index contributed by atoms with van der Waals surface area (Å²) < 4.78 is 11.5. The van der Waals surface area contributed by atoms with E-state index in [1.807, 2.05) is 30.0 Å². The second kappa shape index (κ2) is 6.79. The van der Waals surface area contributed by atoms with Gasteiger partial charge in [-0.1, -0.05) is 6.07 Å². The van der Waals surface area contributed by atoms with Crippen molar-refractivity contribution in [3.05, 3.63) is 23.8 Å². The minimum Gasteiger partial charge on any atom is -0.493 e. The summed E-state index contributed by atoms with van der Waals surface area (Å²) in [5.41, 5.74) is 1.06. The monoisotopic (exact) mass is 323 g/mol. The van der Waals surface area contributed by atoms with Crippen LogP contribution in [0.3, 0.4) is 0 Å². The molecule has 2 N–H and O–H groups in total. The standard InChI is InChI=1S/C16H21NO4S/c1-20-14-3-2-10(13-6-11(8-17-13)16(18)19)7-15(14)21-12-4-5-22-9-12/h2-3,7,11-13,17H,4-6,8-9H2,1H3,(H,18,19). The Morgan fingerprint density at radius 1 is 1.41 bits per heavy atom. The number of thioether (sulfide) groups is 1. The van der Waals surface area contributed by atoms with Gasteiger partial charge < -0.3 is 19.9 Å². The summed E-state index contributed by atoms with van der Waals surface area (Å²) >= 11 is 1.90. The molecule has 6 heteroatoms. The van der Waals surface area contributed by atoms with Crippen molar-refractivity contribution in [2.24, 2.45) is 5.92 Å². The zero-order valence-electron chi connectivity index (χ0n) is 12.6. The molecule has 0 aromatic heterocycles. The first kappa shape index (κ1) is 15.5. The van der Waals surface area contributed by atoms with Crippen LogP contribution in [0.5, 0.6) is 11.5 Å². The van der Waals surface area contributed by atoms with Gasteiger partial charge in [0.2, 0.25) is 0 Å². The number of hydrogen-bond donors (Lipinski definition) is 2. The second-order valence-corrected chi connectivity index (χ2v) is 6.90. The molecule has 1 aromatic carbocycles. The van der Waals surface area contributed by atoms with Gasteiger partial charge in [-0.15, -0.1) is 0 Å². The lowest BCUT2D eigenvalue weighted by Gasteiger charge is -2.18. The fourth-order valence-corrected chi connectivity index (χ4v) is 4.06. The Labute approximate surface area is 134 Å². The molecule has 3 atom stereocenters. The molecule has 2 fully saturated rings. The largest absolute Gasteiger partial charge is 0.493 e. The highest BCUT2D eigenvalue weighted by Gasteiger charge is 2.30. The van der Waals surface area contributed by atoms with Crippen molar-refractivity contribution < 1.29 is 19.4 Å². The lowest BCUT2D eigenvalue weighted by atomic mass is 10.00. The highest BCUT2D eigenvalue weighted by Crippen LogP contribution is 2.36. The van der Waals surface area contributed by atoms with Crippen molar-refractivity contribution in [3.63, 3.8) is 0 Å². The third kappa shape index (κ3) is 3.33. The molecule has 0 radical (unpaired) electrons. The smallest absolute Gasteiger partial charge is 0.307 e. The van der Waals surface area contributed by atoms with E-state index in [9.17, 15) is 4.79 Å². The summed E-state index contributed by atoms with van der Waals surface area (Å²) in [5, 5.41) is 12.4. The van der Waals surface area contributed by atoms with E-state index in [1.54, 1.807) is 7.11 Å². The summed E-state index contributed by atoms with van der Waals surface area (Å²) in [7, 11) is 1.64. The number of carboxylic acid groups (broad SMARTS) is 1. The van der Waals surface area contributed by atoms with Crippen molar-refractivity contribution in [3.8, 4) is 11.5 Å². The molecular formula is C16H21NO4S. The highest BCUT2D eigenvalue weighted by molar-refractivity contribution is 7.99. The molecule has 0 spiro atoms. The Morgan fingerprint density at radius 2 is 2.27 bits per heavy atom. The minimum absolute atomic E-state index is 0.0623. The number of benzene rings is 1. The number of carbonyl (C=O) groups is 1. The zero-order chi connectivity index (χ0) is 15.5. The molecule has 3 rings (SSSR count). The molecule has 0 aliphatic carbocycles. The van der Waals surface area contributed by atoms with E-state index in [0.717, 1.165) is 35.0 Å². The van der Waals surface area contributed by atoms with Gasteiger partial charge in [0, 0.05) is 18.3 Å². The first-order chi connectivity index (χ1) is 10.7. The van der Waals surface area contributed by atoms with Crippen LogP contribution in [0.2, 0.25) is 0 Å². The van der Waals surface area contributed by atoms with Crippen molar-refractivity contribution in [1.29, 1.82) is 0 Å². The van der Waals surface area contributed by atoms with Crippen LogP contribution >= 0.6 is 11.8 Å². The predicted octanol–water partition coefficient (Wildman–Crippen LogP) is 2.31. The van der Waals surface area contributed by atoms with Crippen molar-refractivity contribution in [2.45, 2.75) is 25.0 Å². The van der Waals surface area contributed by atoms with Gasteiger partial charge in [0.1, 0.15) is 6.10 Å². The molecule has 1 aromatic rings. The SMILES string of the molecule is COc1ccc(C2CC(C(=O)O)CN2)cc1OC1CCSC1. The number of aliphatic carboxylic acids is 1. The molecule has 3 unspecified atom stereocenters. The molecule has 0 saturated carbocycles. The van der Waals surface area contributed by atoms with Crippen LogP contribution in [-0.4, -0.2) is 42.3 Å². The van der Waals surface area contributed by atoms with E-state index in [0.29, 0.717) is 13.0 Å². The predicted molar refractivity (Wildman–Crippen MR) is 85.8 cm³/mol. The van der Waals surface area contributed by atoms with Crippen LogP contribution in [0, 0.1) is 5.92 Å². The van der Waals surface area contributed by atoms with Gasteiger partial charge in [0.05, 0.1) is 13.0 Å². The van der Waals surface area contributed by atoms with Crippen molar-refractivity contribution in [1.82, 2.24) is 5.32 Å². The van der Waals surface area contributed by atoms with E-state index in [-0.39, 0.29) is 18.1 Å². The summed E-state index contributed by atoms with van der Waals surface area (Å²) in [5.74, 6) is 2.58. The Bertz CT molecular complexity index is 545. The summed E-state index contributed by atoms with van der Waals surface area (Å²) in [6, 6.07) is 5.94. The van der Waals surface area contributed by atoms with Crippen LogP contribution < -0.4 is 14.8 Å². The molecule has 0 bridgehead atoms. The van der Waals surface area contributed by atoms with E-state index in [4.69, 9.17) is 14.6 Å². The number of rotatable bonds is 5. The maximum Gasteiger partial charge on any atom is 0.307 e. The van der Waals surface area contributed by atoms with Gasteiger partial charge in [0.25, 0.3) is 0 Å². The van der Waals surface area contributed by atoms with E-state index in [1.165, 1.54) is 0 Å². The molecule has 2 aliphatic heterocycles. The fourth-order valence-electron chi connectivity index (χ4n) is 2.97. The van der Waals surface area contributed by atoms with Crippen LogP contribution in [0.4, 0.5) is 0 Å². The Kier molecular flexibility index (Phi) is 4.78. The first-order valence-electron chi connectivity index (χ1n) is 7.56. The Morgan fingerprint density at radius 3 is 2.91 bits per heavy atom. The number of nitrogens with one attached hydrogen (secondary N) is 1. The molecule has 5 nitrogen and oxygen atoms in total. The number of ether oxygens (including phenoxy) is 2. The number of carboxylic acids is 1. The maximum atomic E-state index is 11.1. The van der Waals surface area contributed by atoms with E-state index < -0.39 is 5.97 Å². The van der Waals surface area contributed by atoms with Crippen LogP contribution in [0.1, 0.15) is 24.4 Å². The Hall–Kier alpha value is -1.40. The van der Waals surface area contributed by atoms with Crippen LogP contribution in [-0.2, 0) is 4.79 Å². The van der Waals surface area contributed by atoms with Crippen LogP contribution in [0.25, 0.3) is 0 Å². The lowest BCUT2D eigenvalue weighted by Crippen LogP contribution is -2.18. The molecule has 22 heavy (non-hydrogen) atoms. The van der Waals surface area contributed by atoms with Gasteiger partial charge in [-0.05, 0) is 36.3 Å². The summed E-state index contributed by atoms with van der Waals surface area (Å²) in [6.07, 6.45) is 1.90. The summed E-state index contributed by atoms with van der Waals surface area (Å²) in [6.45, 7) is 0.515. The van der Waals surface area contributed by atoms with E-state index in [2.05, 4.69) is 5.32 Å². The average Bonchev–Trinajstić information content (AvgIpc) is 3.18. The molecule has 0 amide bonds. The minimum atomic E-state index is -0.733. The third-order valence-electron chi connectivity index (χ3n) is 4.25. The van der Waals surface area contributed by atoms with Gasteiger partial charge in [-0.25, -0.2) is 0 Å². The summed E-state index contributed by atoms with van der Waals surface area (Å²) in [4.78, 5) is 11.1. The van der Waals surface area contributed by atoms with Gasteiger partial charge >= 0.3 is 5.97 Å².